The third-order valence-corrected chi connectivity index (χ3v) is 2.80. The molecule has 4 heteroatoms. The average Bonchev–Trinajstić information content (AvgIpc) is 2.47. The molecule has 0 radical (unpaired) electrons. The molecule has 1 aromatic heterocycles. The molecule has 1 N–H and O–H groups in total. The van der Waals surface area contributed by atoms with Gasteiger partial charge in [0.15, 0.2) is 5.82 Å². The van der Waals surface area contributed by atoms with E-state index >= 15 is 0 Å². The topological polar surface area (TPSA) is 61.6 Å². The predicted octanol–water partition coefficient (Wildman–Crippen LogP) is 2.52. The SMILES string of the molecule is N#CC1=CNc2nc(-c3ccccc3)ncc2C1. The van der Waals surface area contributed by atoms with Crippen molar-refractivity contribution in [3.05, 3.63) is 53.9 Å². The van der Waals surface area contributed by atoms with Gasteiger partial charge in [-0.05, 0) is 0 Å². The minimum Gasteiger partial charge on any atom is -0.345 e. The number of rotatable bonds is 1. The number of allylic oxidation sites excluding steroid dienone is 1. The second-order valence-corrected chi connectivity index (χ2v) is 4.04. The molecule has 0 atom stereocenters. The normalized spacial score (nSPS) is 12.9. The smallest absolute Gasteiger partial charge is 0.161 e. The highest BCUT2D eigenvalue weighted by Gasteiger charge is 2.13. The van der Waals surface area contributed by atoms with Crippen molar-refractivity contribution in [3.8, 4) is 17.5 Å². The fourth-order valence-electron chi connectivity index (χ4n) is 1.87. The summed E-state index contributed by atoms with van der Waals surface area (Å²) in [5.74, 6) is 1.47. The number of benzene rings is 1. The van der Waals surface area contributed by atoms with Crippen LogP contribution in [-0.4, -0.2) is 9.97 Å². The van der Waals surface area contributed by atoms with E-state index in [1.165, 1.54) is 0 Å². The van der Waals surface area contributed by atoms with Gasteiger partial charge in [-0.3, -0.25) is 0 Å². The summed E-state index contributed by atoms with van der Waals surface area (Å²) in [6, 6.07) is 12.0. The van der Waals surface area contributed by atoms with Gasteiger partial charge in [0.25, 0.3) is 0 Å². The van der Waals surface area contributed by atoms with E-state index in [2.05, 4.69) is 21.4 Å². The van der Waals surface area contributed by atoms with E-state index in [1.807, 2.05) is 30.3 Å². The van der Waals surface area contributed by atoms with Crippen LogP contribution >= 0.6 is 0 Å². The molecule has 1 aliphatic heterocycles. The fraction of sp³-hybridized carbons (Fsp3) is 0.0714. The van der Waals surface area contributed by atoms with Gasteiger partial charge in [-0.2, -0.15) is 5.26 Å². The van der Waals surface area contributed by atoms with Crippen LogP contribution in [0.1, 0.15) is 5.56 Å². The number of nitrogens with one attached hydrogen (secondary N) is 1. The third kappa shape index (κ3) is 1.82. The Morgan fingerprint density at radius 2 is 2.06 bits per heavy atom. The molecule has 0 amide bonds. The Hall–Kier alpha value is -2.67. The second-order valence-electron chi connectivity index (χ2n) is 4.04. The highest BCUT2D eigenvalue weighted by Crippen LogP contribution is 2.23. The van der Waals surface area contributed by atoms with Crippen molar-refractivity contribution in [2.24, 2.45) is 0 Å². The molecule has 0 fully saturated rings. The zero-order chi connectivity index (χ0) is 12.4. The maximum absolute atomic E-state index is 8.85. The van der Waals surface area contributed by atoms with Crippen LogP contribution in [0, 0.1) is 11.3 Å². The van der Waals surface area contributed by atoms with Gasteiger partial charge in [-0.25, -0.2) is 9.97 Å². The Morgan fingerprint density at radius 3 is 2.83 bits per heavy atom. The van der Waals surface area contributed by atoms with Gasteiger partial charge < -0.3 is 5.32 Å². The van der Waals surface area contributed by atoms with Crippen LogP contribution in [0.3, 0.4) is 0 Å². The van der Waals surface area contributed by atoms with Crippen molar-refractivity contribution in [2.45, 2.75) is 6.42 Å². The van der Waals surface area contributed by atoms with Crippen LogP contribution in [0.25, 0.3) is 11.4 Å². The zero-order valence-electron chi connectivity index (χ0n) is 9.59. The minimum atomic E-state index is 0.591. The van der Waals surface area contributed by atoms with Crippen molar-refractivity contribution in [3.63, 3.8) is 0 Å². The van der Waals surface area contributed by atoms with Gasteiger partial charge in [0.1, 0.15) is 5.82 Å². The van der Waals surface area contributed by atoms with E-state index < -0.39 is 0 Å². The molecule has 4 nitrogen and oxygen atoms in total. The molecule has 1 aromatic carbocycles. The lowest BCUT2D eigenvalue weighted by atomic mass is 10.1. The van der Waals surface area contributed by atoms with Crippen molar-refractivity contribution in [2.75, 3.05) is 5.32 Å². The first-order valence-electron chi connectivity index (χ1n) is 5.64. The zero-order valence-corrected chi connectivity index (χ0v) is 9.59. The van der Waals surface area contributed by atoms with Gasteiger partial charge >= 0.3 is 0 Å². The van der Waals surface area contributed by atoms with Crippen LogP contribution in [-0.2, 0) is 6.42 Å². The van der Waals surface area contributed by atoms with Gasteiger partial charge in [0.2, 0.25) is 0 Å². The van der Waals surface area contributed by atoms with Crippen LogP contribution < -0.4 is 5.32 Å². The number of hydrogen-bond donors (Lipinski definition) is 1. The maximum Gasteiger partial charge on any atom is 0.161 e. The van der Waals surface area contributed by atoms with Crippen molar-refractivity contribution >= 4 is 5.82 Å². The van der Waals surface area contributed by atoms with Crippen LogP contribution in [0.5, 0.6) is 0 Å². The molecule has 0 unspecified atom stereocenters. The molecule has 3 rings (SSSR count). The summed E-state index contributed by atoms with van der Waals surface area (Å²) >= 11 is 0. The largest absolute Gasteiger partial charge is 0.345 e. The molecule has 86 valence electrons. The quantitative estimate of drug-likeness (QED) is 0.823. The standard InChI is InChI=1S/C14H10N4/c15-7-10-6-12-9-17-13(18-14(12)16-8-10)11-4-2-1-3-5-11/h1-5,8-9H,6H2,(H,16,17,18). The van der Waals surface area contributed by atoms with Gasteiger partial charge in [-0.1, -0.05) is 30.3 Å². The van der Waals surface area contributed by atoms with Crippen LogP contribution in [0.4, 0.5) is 5.82 Å². The number of nitrogens with zero attached hydrogens (tertiary/aromatic N) is 3. The second kappa shape index (κ2) is 4.30. The Labute approximate surface area is 105 Å². The Kier molecular flexibility index (Phi) is 2.50. The van der Waals surface area contributed by atoms with Gasteiger partial charge in [-0.15, -0.1) is 0 Å². The Morgan fingerprint density at radius 1 is 1.22 bits per heavy atom. The van der Waals surface area contributed by atoms with Crippen molar-refractivity contribution in [1.82, 2.24) is 9.97 Å². The number of fused-ring (bicyclic) bond motifs is 1. The Bertz CT molecular complexity index is 653. The summed E-state index contributed by atoms with van der Waals surface area (Å²) in [6.07, 6.45) is 4.07. The van der Waals surface area contributed by atoms with E-state index in [-0.39, 0.29) is 0 Å². The number of hydrogen-bond acceptors (Lipinski definition) is 4. The summed E-state index contributed by atoms with van der Waals surface area (Å²) in [6.45, 7) is 0. The summed E-state index contributed by atoms with van der Waals surface area (Å²) in [4.78, 5) is 8.82. The fourth-order valence-corrected chi connectivity index (χ4v) is 1.87. The van der Waals surface area contributed by atoms with Crippen molar-refractivity contribution < 1.29 is 0 Å². The molecule has 0 bridgehead atoms. The van der Waals surface area contributed by atoms with Gasteiger partial charge in [0, 0.05) is 29.9 Å². The highest BCUT2D eigenvalue weighted by molar-refractivity contribution is 5.61. The van der Waals surface area contributed by atoms with Gasteiger partial charge in [0.05, 0.1) is 11.6 Å². The van der Waals surface area contributed by atoms with E-state index in [0.29, 0.717) is 17.8 Å². The lowest BCUT2D eigenvalue weighted by molar-refractivity contribution is 1.06. The minimum absolute atomic E-state index is 0.591. The molecule has 2 heterocycles. The average molecular weight is 234 g/mol. The molecular weight excluding hydrogens is 224 g/mol. The molecule has 0 aliphatic carbocycles. The maximum atomic E-state index is 8.85. The first kappa shape index (κ1) is 10.5. The molecule has 18 heavy (non-hydrogen) atoms. The van der Waals surface area contributed by atoms with E-state index in [0.717, 1.165) is 16.9 Å². The van der Waals surface area contributed by atoms with E-state index in [1.54, 1.807) is 12.4 Å². The lowest BCUT2D eigenvalue weighted by Gasteiger charge is -2.14. The molecule has 0 saturated heterocycles. The summed E-state index contributed by atoms with van der Waals surface area (Å²) in [5.41, 5.74) is 2.63. The monoisotopic (exact) mass is 234 g/mol. The Balaban J connectivity index is 1.99. The molecule has 1 aliphatic rings. The van der Waals surface area contributed by atoms with Crippen LogP contribution in [0.15, 0.2) is 48.3 Å². The molecule has 0 spiro atoms. The molecule has 2 aromatic rings. The van der Waals surface area contributed by atoms with E-state index in [4.69, 9.17) is 5.26 Å². The number of aromatic nitrogens is 2. The summed E-state index contributed by atoms with van der Waals surface area (Å²) in [5, 5.41) is 11.9. The molecular formula is C14H10N4. The van der Waals surface area contributed by atoms with E-state index in [9.17, 15) is 0 Å². The highest BCUT2D eigenvalue weighted by atomic mass is 15.0. The van der Waals surface area contributed by atoms with Crippen molar-refractivity contribution in [1.29, 1.82) is 5.26 Å². The number of anilines is 1. The first-order chi connectivity index (χ1) is 8.86. The first-order valence-corrected chi connectivity index (χ1v) is 5.64. The third-order valence-electron chi connectivity index (χ3n) is 2.80. The lowest BCUT2D eigenvalue weighted by Crippen LogP contribution is -2.08. The van der Waals surface area contributed by atoms with Crippen LogP contribution in [0.2, 0.25) is 0 Å². The number of nitriles is 1. The molecule has 0 saturated carbocycles. The summed E-state index contributed by atoms with van der Waals surface area (Å²) in [7, 11) is 0. The summed E-state index contributed by atoms with van der Waals surface area (Å²) < 4.78 is 0. The predicted molar refractivity (Wildman–Crippen MR) is 68.5 cm³/mol.